The van der Waals surface area contributed by atoms with Crippen LogP contribution in [0.15, 0.2) is 42.5 Å². The second kappa shape index (κ2) is 5.35. The molecule has 0 saturated carbocycles. The average Bonchev–Trinajstić information content (AvgIpc) is 2.89. The molecule has 3 aromatic rings. The third-order valence-electron chi connectivity index (χ3n) is 3.18. The number of amides is 2. The summed E-state index contributed by atoms with van der Waals surface area (Å²) in [4.78, 5) is 17.1. The van der Waals surface area contributed by atoms with E-state index < -0.39 is 6.03 Å². The molecular weight excluding hydrogens is 306 g/mol. The average molecular weight is 318 g/mol. The molecule has 0 atom stereocenters. The van der Waals surface area contributed by atoms with Crippen LogP contribution in [0.4, 0.5) is 10.5 Å². The van der Waals surface area contributed by atoms with Gasteiger partial charge in [-0.2, -0.15) is 0 Å². The third kappa shape index (κ3) is 2.70. The summed E-state index contributed by atoms with van der Waals surface area (Å²) in [6, 6.07) is 12.7. The van der Waals surface area contributed by atoms with E-state index in [9.17, 15) is 4.79 Å². The SMILES string of the molecule is CN(C(N)=O)c1ccc(-c2nc3ccc(Cl)cc3s2)cc1. The molecular formula is C15H12ClN3OS. The van der Waals surface area contributed by atoms with E-state index in [1.807, 2.05) is 42.5 Å². The monoisotopic (exact) mass is 317 g/mol. The normalized spacial score (nSPS) is 10.8. The van der Waals surface area contributed by atoms with Crippen LogP contribution >= 0.6 is 22.9 Å². The van der Waals surface area contributed by atoms with Crippen LogP contribution in [0.5, 0.6) is 0 Å². The Morgan fingerprint density at radius 2 is 1.95 bits per heavy atom. The van der Waals surface area contributed by atoms with Crippen LogP contribution < -0.4 is 10.6 Å². The molecule has 2 N–H and O–H groups in total. The van der Waals surface area contributed by atoms with Gasteiger partial charge in [-0.3, -0.25) is 4.90 Å². The van der Waals surface area contributed by atoms with Crippen LogP contribution in [0.1, 0.15) is 0 Å². The lowest BCUT2D eigenvalue weighted by Gasteiger charge is -2.14. The number of hydrogen-bond donors (Lipinski definition) is 1. The summed E-state index contributed by atoms with van der Waals surface area (Å²) >= 11 is 7.57. The maximum Gasteiger partial charge on any atom is 0.318 e. The van der Waals surface area contributed by atoms with E-state index in [0.717, 1.165) is 26.5 Å². The minimum absolute atomic E-state index is 0.489. The van der Waals surface area contributed by atoms with E-state index in [4.69, 9.17) is 17.3 Å². The molecule has 1 aromatic heterocycles. The topological polar surface area (TPSA) is 59.2 Å². The fourth-order valence-corrected chi connectivity index (χ4v) is 3.22. The standard InChI is InChI=1S/C15H12ClN3OS/c1-19(15(17)20)11-5-2-9(3-6-11)14-18-12-7-4-10(16)8-13(12)21-14/h2-8H,1H3,(H2,17,20). The Bertz CT molecular complexity index is 813. The van der Waals surface area contributed by atoms with Gasteiger partial charge in [-0.25, -0.2) is 9.78 Å². The van der Waals surface area contributed by atoms with E-state index in [2.05, 4.69) is 4.98 Å². The van der Waals surface area contributed by atoms with Gasteiger partial charge in [0.05, 0.1) is 10.2 Å². The van der Waals surface area contributed by atoms with E-state index in [1.165, 1.54) is 4.90 Å². The van der Waals surface area contributed by atoms with Crippen molar-refractivity contribution in [3.05, 3.63) is 47.5 Å². The Morgan fingerprint density at radius 1 is 1.24 bits per heavy atom. The van der Waals surface area contributed by atoms with Crippen LogP contribution in [-0.4, -0.2) is 18.1 Å². The number of nitrogens with zero attached hydrogens (tertiary/aromatic N) is 2. The molecule has 0 bridgehead atoms. The zero-order valence-corrected chi connectivity index (χ0v) is 12.8. The molecule has 106 valence electrons. The van der Waals surface area contributed by atoms with Crippen molar-refractivity contribution in [3.8, 4) is 10.6 Å². The molecule has 0 spiro atoms. The first-order valence-corrected chi connectivity index (χ1v) is 7.44. The fourth-order valence-electron chi connectivity index (χ4n) is 1.98. The molecule has 2 aromatic carbocycles. The number of primary amides is 1. The van der Waals surface area contributed by atoms with Crippen LogP contribution in [0.2, 0.25) is 5.02 Å². The predicted octanol–water partition coefficient (Wildman–Crippen LogP) is 4.13. The zero-order chi connectivity index (χ0) is 15.0. The molecule has 3 rings (SSSR count). The quantitative estimate of drug-likeness (QED) is 0.772. The molecule has 4 nitrogen and oxygen atoms in total. The minimum atomic E-state index is -0.489. The van der Waals surface area contributed by atoms with Crippen LogP contribution in [-0.2, 0) is 0 Å². The summed E-state index contributed by atoms with van der Waals surface area (Å²) in [5.74, 6) is 0. The van der Waals surface area contributed by atoms with Crippen LogP contribution in [0.25, 0.3) is 20.8 Å². The molecule has 1 heterocycles. The van der Waals surface area contributed by atoms with E-state index in [-0.39, 0.29) is 0 Å². The number of fused-ring (bicyclic) bond motifs is 1. The summed E-state index contributed by atoms with van der Waals surface area (Å²) in [5, 5.41) is 1.62. The largest absolute Gasteiger partial charge is 0.351 e. The predicted molar refractivity (Wildman–Crippen MR) is 88.1 cm³/mol. The smallest absolute Gasteiger partial charge is 0.318 e. The lowest BCUT2D eigenvalue weighted by atomic mass is 10.2. The number of halogens is 1. The Labute approximate surface area is 130 Å². The molecule has 2 amide bonds. The number of anilines is 1. The van der Waals surface area contributed by atoms with Crippen molar-refractivity contribution in [1.82, 2.24) is 4.98 Å². The Kier molecular flexibility index (Phi) is 3.53. The van der Waals surface area contributed by atoms with Crippen LogP contribution in [0.3, 0.4) is 0 Å². The number of thiazole rings is 1. The number of carbonyl (C=O) groups excluding carboxylic acids is 1. The van der Waals surface area contributed by atoms with Gasteiger partial charge in [0.15, 0.2) is 0 Å². The molecule has 6 heteroatoms. The number of aromatic nitrogens is 1. The summed E-state index contributed by atoms with van der Waals surface area (Å²) in [5.41, 5.74) is 7.92. The second-order valence-electron chi connectivity index (χ2n) is 4.58. The first-order valence-electron chi connectivity index (χ1n) is 6.24. The highest BCUT2D eigenvalue weighted by Gasteiger charge is 2.09. The van der Waals surface area contributed by atoms with Crippen molar-refractivity contribution < 1.29 is 4.79 Å². The molecule has 0 unspecified atom stereocenters. The number of hydrogen-bond acceptors (Lipinski definition) is 3. The van der Waals surface area contributed by atoms with Gasteiger partial charge in [0.25, 0.3) is 0 Å². The summed E-state index contributed by atoms with van der Waals surface area (Å²) in [7, 11) is 1.64. The first-order chi connectivity index (χ1) is 10.0. The van der Waals surface area contributed by atoms with Crippen molar-refractivity contribution in [2.24, 2.45) is 5.73 Å². The Balaban J connectivity index is 1.97. The molecule has 21 heavy (non-hydrogen) atoms. The molecule has 0 fully saturated rings. The van der Waals surface area contributed by atoms with Gasteiger partial charge < -0.3 is 5.73 Å². The fraction of sp³-hybridized carbons (Fsp3) is 0.0667. The number of rotatable bonds is 2. The van der Waals surface area contributed by atoms with E-state index >= 15 is 0 Å². The van der Waals surface area contributed by atoms with E-state index in [0.29, 0.717) is 5.02 Å². The highest BCUT2D eigenvalue weighted by atomic mass is 35.5. The van der Waals surface area contributed by atoms with Crippen molar-refractivity contribution >= 4 is 44.9 Å². The second-order valence-corrected chi connectivity index (χ2v) is 6.04. The minimum Gasteiger partial charge on any atom is -0.351 e. The lowest BCUT2D eigenvalue weighted by Crippen LogP contribution is -2.31. The first kappa shape index (κ1) is 13.9. The van der Waals surface area contributed by atoms with Gasteiger partial charge in [0.2, 0.25) is 0 Å². The molecule has 0 aliphatic carbocycles. The zero-order valence-electron chi connectivity index (χ0n) is 11.2. The maximum atomic E-state index is 11.1. The maximum absolute atomic E-state index is 11.1. The Morgan fingerprint density at radius 3 is 2.62 bits per heavy atom. The van der Waals surface area contributed by atoms with Crippen LogP contribution in [0, 0.1) is 0 Å². The van der Waals surface area contributed by atoms with Gasteiger partial charge in [0, 0.05) is 23.3 Å². The summed E-state index contributed by atoms with van der Waals surface area (Å²) in [6.07, 6.45) is 0. The van der Waals surface area contributed by atoms with Gasteiger partial charge >= 0.3 is 6.03 Å². The van der Waals surface area contributed by atoms with Crippen molar-refractivity contribution in [1.29, 1.82) is 0 Å². The number of urea groups is 1. The number of nitrogens with two attached hydrogens (primary N) is 1. The molecule has 0 saturated heterocycles. The number of benzene rings is 2. The van der Waals surface area contributed by atoms with Crippen molar-refractivity contribution in [3.63, 3.8) is 0 Å². The highest BCUT2D eigenvalue weighted by molar-refractivity contribution is 7.21. The van der Waals surface area contributed by atoms with Gasteiger partial charge in [-0.05, 0) is 42.5 Å². The molecule has 0 aliphatic heterocycles. The van der Waals surface area contributed by atoms with Crippen molar-refractivity contribution in [2.45, 2.75) is 0 Å². The number of carbonyl (C=O) groups is 1. The molecule has 0 radical (unpaired) electrons. The van der Waals surface area contributed by atoms with E-state index in [1.54, 1.807) is 18.4 Å². The lowest BCUT2D eigenvalue weighted by molar-refractivity contribution is 0.255. The third-order valence-corrected chi connectivity index (χ3v) is 4.48. The van der Waals surface area contributed by atoms with Crippen molar-refractivity contribution in [2.75, 3.05) is 11.9 Å². The molecule has 0 aliphatic rings. The van der Waals surface area contributed by atoms with Gasteiger partial charge in [0.1, 0.15) is 5.01 Å². The highest BCUT2D eigenvalue weighted by Crippen LogP contribution is 2.32. The summed E-state index contributed by atoms with van der Waals surface area (Å²) in [6.45, 7) is 0. The van der Waals surface area contributed by atoms with Gasteiger partial charge in [-0.1, -0.05) is 11.6 Å². The Hall–Kier alpha value is -2.11. The van der Waals surface area contributed by atoms with Gasteiger partial charge in [-0.15, -0.1) is 11.3 Å². The summed E-state index contributed by atoms with van der Waals surface area (Å²) < 4.78 is 1.05.